The molecule has 37 heavy (non-hydrogen) atoms. The number of nitrogens with zero attached hydrogens (tertiary/aromatic N) is 7. The van der Waals surface area contributed by atoms with Crippen molar-refractivity contribution in [3.8, 4) is 17.4 Å². The molecular weight excluding hydrogens is 526 g/mol. The van der Waals surface area contributed by atoms with Crippen LogP contribution in [-0.4, -0.2) is 81.4 Å². The average Bonchev–Trinajstić information content (AvgIpc) is 3.25. The number of rotatable bonds is 11. The van der Waals surface area contributed by atoms with Gasteiger partial charge in [0.15, 0.2) is 27.2 Å². The smallest absolute Gasteiger partial charge is 0.245 e. The highest BCUT2D eigenvalue weighted by atomic mass is 35.5. The number of aliphatic hydroxyl groups is 1. The molecule has 0 aromatic carbocycles. The molecule has 2 atom stereocenters. The second kappa shape index (κ2) is 11.2. The van der Waals surface area contributed by atoms with Crippen molar-refractivity contribution >= 4 is 21.4 Å². The van der Waals surface area contributed by atoms with Gasteiger partial charge in [0.2, 0.25) is 11.8 Å². The number of hydrogen-bond donors (Lipinski definition) is 1. The van der Waals surface area contributed by atoms with Crippen LogP contribution < -0.4 is 9.47 Å². The lowest BCUT2D eigenvalue weighted by Crippen LogP contribution is -2.30. The summed E-state index contributed by atoms with van der Waals surface area (Å²) >= 11 is 5.88. The summed E-state index contributed by atoms with van der Waals surface area (Å²) in [5, 5.41) is 17.4. The van der Waals surface area contributed by atoms with Crippen molar-refractivity contribution in [3.05, 3.63) is 41.2 Å². The van der Waals surface area contributed by atoms with Gasteiger partial charge in [-0.1, -0.05) is 11.6 Å². The van der Waals surface area contributed by atoms with Gasteiger partial charge in [-0.25, -0.2) is 18.4 Å². The molecule has 0 spiro atoms. The number of hydrogen-bond acceptors (Lipinski definition) is 12. The maximum atomic E-state index is 13.6. The second-order valence-electron chi connectivity index (χ2n) is 8.70. The molecule has 1 saturated carbocycles. The molecular formula is C22H28ClN7O6S. The minimum absolute atomic E-state index is 0.0534. The second-order valence-corrected chi connectivity index (χ2v) is 11.5. The van der Waals surface area contributed by atoms with Crippen molar-refractivity contribution in [1.82, 2.24) is 34.7 Å². The Balaban J connectivity index is 1.76. The SMILES string of the molecule is COc1ncnc(OC)c1-n1c(CS(=O)(=O)[C@@H](C)[C@H](OC)c2ncc(Cl)cn2)nnc1C1CC(CO)C1. The minimum Gasteiger partial charge on any atom is -0.479 e. The molecule has 1 N–H and O–H groups in total. The topological polar surface area (TPSA) is 164 Å². The lowest BCUT2D eigenvalue weighted by molar-refractivity contribution is 0.0948. The molecule has 15 heteroatoms. The Morgan fingerprint density at radius 2 is 1.70 bits per heavy atom. The first-order valence-corrected chi connectivity index (χ1v) is 13.5. The Hall–Kier alpha value is -2.94. The number of ether oxygens (including phenoxy) is 3. The molecule has 1 aliphatic rings. The first-order valence-electron chi connectivity index (χ1n) is 11.4. The predicted molar refractivity (Wildman–Crippen MR) is 131 cm³/mol. The van der Waals surface area contributed by atoms with Gasteiger partial charge in [0, 0.05) is 32.0 Å². The Morgan fingerprint density at radius 1 is 1.08 bits per heavy atom. The van der Waals surface area contributed by atoms with E-state index < -0.39 is 26.9 Å². The van der Waals surface area contributed by atoms with E-state index in [4.69, 9.17) is 25.8 Å². The average molecular weight is 554 g/mol. The molecule has 0 unspecified atom stereocenters. The van der Waals surface area contributed by atoms with Gasteiger partial charge in [-0.3, -0.25) is 4.57 Å². The first kappa shape index (κ1) is 27.1. The molecule has 200 valence electrons. The maximum absolute atomic E-state index is 13.6. The van der Waals surface area contributed by atoms with Gasteiger partial charge in [0.1, 0.15) is 24.0 Å². The minimum atomic E-state index is -3.89. The van der Waals surface area contributed by atoms with Crippen LogP contribution in [0.1, 0.15) is 49.3 Å². The largest absolute Gasteiger partial charge is 0.479 e. The van der Waals surface area contributed by atoms with Crippen LogP contribution in [0.15, 0.2) is 18.7 Å². The van der Waals surface area contributed by atoms with E-state index in [1.165, 1.54) is 47.0 Å². The molecule has 0 saturated heterocycles. The number of aliphatic hydroxyl groups excluding tert-OH is 1. The summed E-state index contributed by atoms with van der Waals surface area (Å²) < 4.78 is 45.2. The van der Waals surface area contributed by atoms with E-state index in [9.17, 15) is 13.5 Å². The van der Waals surface area contributed by atoms with Crippen LogP contribution in [0.25, 0.3) is 5.69 Å². The standard InChI is InChI=1S/C22H28ClN7O6S/c1-12(18(34-2)19-24-7-15(23)8-25-19)37(32,33)10-16-28-29-20(14-5-13(6-14)9-31)30(16)17-21(35-3)26-11-27-22(17)36-4/h7-8,11-14,18,31H,5-6,9-10H2,1-4H3/t12-,13?,14?,18-/m0/s1. The zero-order valence-electron chi connectivity index (χ0n) is 20.8. The molecule has 1 aliphatic carbocycles. The number of halogens is 1. The zero-order valence-corrected chi connectivity index (χ0v) is 22.3. The van der Waals surface area contributed by atoms with Crippen molar-refractivity contribution in [2.75, 3.05) is 27.9 Å². The molecule has 3 aromatic rings. The number of aromatic nitrogens is 7. The van der Waals surface area contributed by atoms with Crippen molar-refractivity contribution in [2.45, 2.75) is 42.8 Å². The normalized spacial score (nSPS) is 19.2. The molecule has 0 amide bonds. The van der Waals surface area contributed by atoms with Gasteiger partial charge >= 0.3 is 0 Å². The van der Waals surface area contributed by atoms with Crippen LogP contribution >= 0.6 is 11.6 Å². The maximum Gasteiger partial charge on any atom is 0.245 e. The van der Waals surface area contributed by atoms with Crippen LogP contribution in [0, 0.1) is 5.92 Å². The fraction of sp³-hybridized carbons (Fsp3) is 0.545. The summed E-state index contributed by atoms with van der Waals surface area (Å²) in [7, 11) is 0.374. The fourth-order valence-electron chi connectivity index (χ4n) is 4.34. The summed E-state index contributed by atoms with van der Waals surface area (Å²) in [6.45, 7) is 1.59. The summed E-state index contributed by atoms with van der Waals surface area (Å²) in [6.07, 6.45) is 4.45. The Kier molecular flexibility index (Phi) is 8.21. The third kappa shape index (κ3) is 5.37. The van der Waals surface area contributed by atoms with Crippen molar-refractivity contribution in [1.29, 1.82) is 0 Å². The van der Waals surface area contributed by atoms with E-state index >= 15 is 0 Å². The van der Waals surface area contributed by atoms with Gasteiger partial charge in [-0.2, -0.15) is 9.97 Å². The van der Waals surface area contributed by atoms with Crippen LogP contribution in [0.3, 0.4) is 0 Å². The van der Waals surface area contributed by atoms with Gasteiger partial charge in [0.05, 0.1) is 24.5 Å². The van der Waals surface area contributed by atoms with Gasteiger partial charge in [0.25, 0.3) is 0 Å². The quantitative estimate of drug-likeness (QED) is 0.366. The van der Waals surface area contributed by atoms with Crippen LogP contribution in [-0.2, 0) is 20.3 Å². The van der Waals surface area contributed by atoms with E-state index in [-0.39, 0.29) is 41.9 Å². The highest BCUT2D eigenvalue weighted by Gasteiger charge is 2.39. The monoisotopic (exact) mass is 553 g/mol. The first-order chi connectivity index (χ1) is 17.7. The molecule has 1 fully saturated rings. The lowest BCUT2D eigenvalue weighted by Gasteiger charge is -2.33. The molecule has 3 aromatic heterocycles. The van der Waals surface area contributed by atoms with Crippen LogP contribution in [0.2, 0.25) is 5.02 Å². The van der Waals surface area contributed by atoms with Crippen molar-refractivity contribution in [2.24, 2.45) is 5.92 Å². The van der Waals surface area contributed by atoms with Crippen molar-refractivity contribution in [3.63, 3.8) is 0 Å². The van der Waals surface area contributed by atoms with Gasteiger partial charge in [-0.15, -0.1) is 10.2 Å². The van der Waals surface area contributed by atoms with E-state index in [1.54, 1.807) is 4.57 Å². The van der Waals surface area contributed by atoms with Crippen LogP contribution in [0.4, 0.5) is 0 Å². The highest BCUT2D eigenvalue weighted by molar-refractivity contribution is 7.91. The molecule has 3 heterocycles. The third-order valence-corrected chi connectivity index (χ3v) is 8.69. The Morgan fingerprint density at radius 3 is 2.24 bits per heavy atom. The Bertz CT molecular complexity index is 1310. The number of methoxy groups -OCH3 is 3. The van der Waals surface area contributed by atoms with Crippen LogP contribution in [0.5, 0.6) is 11.8 Å². The molecule has 0 radical (unpaired) electrons. The summed E-state index contributed by atoms with van der Waals surface area (Å²) in [6, 6.07) is 0. The summed E-state index contributed by atoms with van der Waals surface area (Å²) in [5.41, 5.74) is 0.294. The summed E-state index contributed by atoms with van der Waals surface area (Å²) in [5.74, 6) is 0.776. The predicted octanol–water partition coefficient (Wildman–Crippen LogP) is 1.69. The van der Waals surface area contributed by atoms with E-state index in [0.717, 1.165) is 0 Å². The van der Waals surface area contributed by atoms with E-state index in [2.05, 4.69) is 30.1 Å². The third-order valence-electron chi connectivity index (χ3n) is 6.45. The summed E-state index contributed by atoms with van der Waals surface area (Å²) in [4.78, 5) is 16.6. The number of sulfone groups is 1. The molecule has 13 nitrogen and oxygen atoms in total. The fourth-order valence-corrected chi connectivity index (χ4v) is 5.86. The van der Waals surface area contributed by atoms with Crippen molar-refractivity contribution < 1.29 is 27.7 Å². The van der Waals surface area contributed by atoms with E-state index in [0.29, 0.717) is 29.4 Å². The molecule has 0 aliphatic heterocycles. The molecule has 4 rings (SSSR count). The Labute approximate surface area is 219 Å². The zero-order chi connectivity index (χ0) is 26.7. The lowest BCUT2D eigenvalue weighted by atomic mass is 9.75. The van der Waals surface area contributed by atoms with Gasteiger partial charge < -0.3 is 19.3 Å². The van der Waals surface area contributed by atoms with E-state index in [1.807, 2.05) is 0 Å². The molecule has 0 bridgehead atoms. The highest BCUT2D eigenvalue weighted by Crippen LogP contribution is 2.43. The van der Waals surface area contributed by atoms with Gasteiger partial charge in [-0.05, 0) is 25.7 Å².